The van der Waals surface area contributed by atoms with E-state index in [4.69, 9.17) is 0 Å². The quantitative estimate of drug-likeness (QED) is 0.869. The third-order valence-electron chi connectivity index (χ3n) is 2.83. The average molecular weight is 236 g/mol. The van der Waals surface area contributed by atoms with E-state index < -0.39 is 0 Å². The molecule has 1 amide bonds. The van der Waals surface area contributed by atoms with Gasteiger partial charge in [-0.15, -0.1) is 0 Å². The largest absolute Gasteiger partial charge is 0.311 e. The molecule has 92 valence electrons. The minimum atomic E-state index is -0.280. The summed E-state index contributed by atoms with van der Waals surface area (Å²) in [6, 6.07) is 6.60. The number of hydrogen-bond acceptors (Lipinski definition) is 2. The highest BCUT2D eigenvalue weighted by atomic mass is 19.1. The zero-order valence-corrected chi connectivity index (χ0v) is 10.1. The molecule has 0 bridgehead atoms. The molecule has 0 radical (unpaired) electrons. The van der Waals surface area contributed by atoms with Gasteiger partial charge in [0.2, 0.25) is 5.91 Å². The van der Waals surface area contributed by atoms with Gasteiger partial charge in [-0.25, -0.2) is 4.39 Å². The van der Waals surface area contributed by atoms with E-state index in [0.717, 1.165) is 5.69 Å². The Hall–Kier alpha value is -1.42. The lowest BCUT2D eigenvalue weighted by Gasteiger charge is -2.18. The van der Waals surface area contributed by atoms with Gasteiger partial charge >= 0.3 is 0 Å². The van der Waals surface area contributed by atoms with Crippen LogP contribution in [0.2, 0.25) is 0 Å². The molecular weight excluding hydrogens is 219 g/mol. The highest BCUT2D eigenvalue weighted by molar-refractivity contribution is 5.96. The van der Waals surface area contributed by atoms with E-state index in [0.29, 0.717) is 19.0 Å². The first-order valence-corrected chi connectivity index (χ1v) is 5.88. The molecule has 3 nitrogen and oxygen atoms in total. The molecular formula is C13H17FN2O. The predicted octanol–water partition coefficient (Wildman–Crippen LogP) is 1.93. The van der Waals surface area contributed by atoms with E-state index in [1.807, 2.05) is 0 Å². The summed E-state index contributed by atoms with van der Waals surface area (Å²) < 4.78 is 12.8. The fraction of sp³-hybridized carbons (Fsp3) is 0.462. The van der Waals surface area contributed by atoms with Gasteiger partial charge in [-0.2, -0.15) is 0 Å². The number of anilines is 1. The van der Waals surface area contributed by atoms with Crippen LogP contribution in [0.5, 0.6) is 0 Å². The number of benzene rings is 1. The Labute approximate surface area is 101 Å². The van der Waals surface area contributed by atoms with Crippen LogP contribution in [0.25, 0.3) is 0 Å². The van der Waals surface area contributed by atoms with Crippen LogP contribution in [0.4, 0.5) is 10.1 Å². The van der Waals surface area contributed by atoms with Crippen LogP contribution in [0.1, 0.15) is 20.3 Å². The van der Waals surface area contributed by atoms with Gasteiger partial charge in [-0.1, -0.05) is 13.8 Å². The van der Waals surface area contributed by atoms with Crippen LogP contribution in [-0.4, -0.2) is 24.5 Å². The van der Waals surface area contributed by atoms with Crippen LogP contribution < -0.4 is 10.2 Å². The maximum atomic E-state index is 12.8. The summed E-state index contributed by atoms with van der Waals surface area (Å²) in [5, 5.41) is 3.35. The summed E-state index contributed by atoms with van der Waals surface area (Å²) in [5.41, 5.74) is 0.768. The number of carbonyl (C=O) groups excluding carboxylic acids is 1. The second-order valence-electron chi connectivity index (χ2n) is 4.70. The normalized spacial score (nSPS) is 20.4. The summed E-state index contributed by atoms with van der Waals surface area (Å²) in [4.78, 5) is 13.6. The minimum absolute atomic E-state index is 0.0924. The first kappa shape index (κ1) is 12.0. The molecule has 17 heavy (non-hydrogen) atoms. The smallest absolute Gasteiger partial charge is 0.228 e. The lowest BCUT2D eigenvalue weighted by atomic mass is 10.2. The molecule has 0 aromatic heterocycles. The number of halogens is 1. The Bertz CT molecular complexity index is 402. The second kappa shape index (κ2) is 4.84. The lowest BCUT2D eigenvalue weighted by Crippen LogP contribution is -2.37. The molecule has 1 fully saturated rings. The van der Waals surface area contributed by atoms with E-state index in [1.165, 1.54) is 12.1 Å². The van der Waals surface area contributed by atoms with Crippen molar-refractivity contribution in [3.8, 4) is 0 Å². The van der Waals surface area contributed by atoms with Crippen LogP contribution >= 0.6 is 0 Å². The van der Waals surface area contributed by atoms with Gasteiger partial charge in [0.15, 0.2) is 0 Å². The molecule has 1 aliphatic rings. The van der Waals surface area contributed by atoms with Crippen LogP contribution in [0.15, 0.2) is 24.3 Å². The maximum Gasteiger partial charge on any atom is 0.228 e. The second-order valence-corrected chi connectivity index (χ2v) is 4.70. The van der Waals surface area contributed by atoms with Crippen LogP contribution in [-0.2, 0) is 4.79 Å². The molecule has 1 heterocycles. The van der Waals surface area contributed by atoms with Gasteiger partial charge in [0.1, 0.15) is 5.82 Å². The molecule has 1 saturated heterocycles. The Morgan fingerprint density at radius 3 is 2.59 bits per heavy atom. The zero-order chi connectivity index (χ0) is 12.4. The SMILES string of the molecule is CC(C)NC1CC(=O)N(c2ccc(F)cc2)C1. The predicted molar refractivity (Wildman–Crippen MR) is 65.4 cm³/mol. The van der Waals surface area contributed by atoms with Crippen molar-refractivity contribution in [1.29, 1.82) is 0 Å². The monoisotopic (exact) mass is 236 g/mol. The lowest BCUT2D eigenvalue weighted by molar-refractivity contribution is -0.117. The molecule has 0 spiro atoms. The number of nitrogens with zero attached hydrogens (tertiary/aromatic N) is 1. The van der Waals surface area contributed by atoms with Crippen molar-refractivity contribution in [3.05, 3.63) is 30.1 Å². The summed E-state index contributed by atoms with van der Waals surface area (Å²) in [6.45, 7) is 4.78. The Kier molecular flexibility index (Phi) is 3.43. The fourth-order valence-electron chi connectivity index (χ4n) is 2.16. The van der Waals surface area contributed by atoms with Crippen molar-refractivity contribution in [2.45, 2.75) is 32.4 Å². The van der Waals surface area contributed by atoms with E-state index in [1.54, 1.807) is 17.0 Å². The summed E-state index contributed by atoms with van der Waals surface area (Å²) in [7, 11) is 0. The average Bonchev–Trinajstić information content (AvgIpc) is 2.59. The highest BCUT2D eigenvalue weighted by Gasteiger charge is 2.30. The third kappa shape index (κ3) is 2.82. The molecule has 1 atom stereocenters. The molecule has 0 aliphatic carbocycles. The maximum absolute atomic E-state index is 12.8. The van der Waals surface area contributed by atoms with Crippen molar-refractivity contribution < 1.29 is 9.18 Å². The molecule has 1 aromatic rings. The number of carbonyl (C=O) groups is 1. The Balaban J connectivity index is 2.07. The van der Waals surface area contributed by atoms with Crippen LogP contribution in [0, 0.1) is 5.82 Å². The molecule has 1 N–H and O–H groups in total. The van der Waals surface area contributed by atoms with Gasteiger partial charge in [-0.3, -0.25) is 4.79 Å². The standard InChI is InChI=1S/C13H17FN2O/c1-9(2)15-11-7-13(17)16(8-11)12-5-3-10(14)4-6-12/h3-6,9,11,15H,7-8H2,1-2H3. The van der Waals surface area contributed by atoms with Gasteiger partial charge in [0.25, 0.3) is 0 Å². The summed E-state index contributed by atoms with van der Waals surface area (Å²) >= 11 is 0. The number of rotatable bonds is 3. The molecule has 1 aliphatic heterocycles. The van der Waals surface area contributed by atoms with Crippen molar-refractivity contribution in [3.63, 3.8) is 0 Å². The highest BCUT2D eigenvalue weighted by Crippen LogP contribution is 2.21. The molecule has 4 heteroatoms. The van der Waals surface area contributed by atoms with Crippen molar-refractivity contribution in [2.75, 3.05) is 11.4 Å². The Morgan fingerprint density at radius 2 is 2.00 bits per heavy atom. The first-order valence-electron chi connectivity index (χ1n) is 5.88. The van der Waals surface area contributed by atoms with Gasteiger partial charge < -0.3 is 10.2 Å². The van der Waals surface area contributed by atoms with E-state index >= 15 is 0 Å². The molecule has 2 rings (SSSR count). The fourth-order valence-corrected chi connectivity index (χ4v) is 2.16. The number of amides is 1. The summed E-state index contributed by atoms with van der Waals surface area (Å²) in [6.07, 6.45) is 0.509. The Morgan fingerprint density at radius 1 is 1.35 bits per heavy atom. The molecule has 1 aromatic carbocycles. The third-order valence-corrected chi connectivity index (χ3v) is 2.83. The molecule has 0 saturated carbocycles. The van der Waals surface area contributed by atoms with E-state index in [-0.39, 0.29) is 17.8 Å². The van der Waals surface area contributed by atoms with Gasteiger partial charge in [0, 0.05) is 30.7 Å². The number of nitrogens with one attached hydrogen (secondary N) is 1. The van der Waals surface area contributed by atoms with Crippen molar-refractivity contribution in [2.24, 2.45) is 0 Å². The molecule has 1 unspecified atom stereocenters. The zero-order valence-electron chi connectivity index (χ0n) is 10.1. The van der Waals surface area contributed by atoms with Crippen LogP contribution in [0.3, 0.4) is 0 Å². The van der Waals surface area contributed by atoms with Crippen molar-refractivity contribution >= 4 is 11.6 Å². The van der Waals surface area contributed by atoms with E-state index in [9.17, 15) is 9.18 Å². The summed E-state index contributed by atoms with van der Waals surface area (Å²) in [5.74, 6) is -0.188. The van der Waals surface area contributed by atoms with Crippen molar-refractivity contribution in [1.82, 2.24) is 5.32 Å². The van der Waals surface area contributed by atoms with Gasteiger partial charge in [-0.05, 0) is 24.3 Å². The number of hydrogen-bond donors (Lipinski definition) is 1. The minimum Gasteiger partial charge on any atom is -0.311 e. The first-order chi connectivity index (χ1) is 8.06. The van der Waals surface area contributed by atoms with Gasteiger partial charge in [0.05, 0.1) is 0 Å². The topological polar surface area (TPSA) is 32.3 Å². The van der Waals surface area contributed by atoms with E-state index in [2.05, 4.69) is 19.2 Å².